The SMILES string of the molecule is C=CCC1(CCNC(=O)OC(C)(C)C)C(=O)c2ccccc2C1=O. The molecular formula is C19H23NO4. The van der Waals surface area contributed by atoms with Gasteiger partial charge in [-0.05, 0) is 33.6 Å². The molecule has 5 heteroatoms. The van der Waals surface area contributed by atoms with Crippen LogP contribution in [0.5, 0.6) is 0 Å². The Bertz CT molecular complexity index is 650. The lowest BCUT2D eigenvalue weighted by molar-refractivity contribution is 0.0505. The Hall–Kier alpha value is -2.43. The molecule has 1 N–H and O–H groups in total. The summed E-state index contributed by atoms with van der Waals surface area (Å²) in [6.45, 7) is 9.16. The molecule has 1 amide bonds. The van der Waals surface area contributed by atoms with Gasteiger partial charge in [-0.2, -0.15) is 0 Å². The van der Waals surface area contributed by atoms with E-state index in [1.807, 2.05) is 0 Å². The second-order valence-electron chi connectivity index (χ2n) is 6.96. The van der Waals surface area contributed by atoms with Gasteiger partial charge in [-0.25, -0.2) is 4.79 Å². The van der Waals surface area contributed by atoms with E-state index in [2.05, 4.69) is 11.9 Å². The zero-order valence-corrected chi connectivity index (χ0v) is 14.3. The van der Waals surface area contributed by atoms with Crippen LogP contribution < -0.4 is 5.32 Å². The number of nitrogens with one attached hydrogen (secondary N) is 1. The standard InChI is InChI=1S/C19H23NO4/c1-5-10-19(11-12-20-17(23)24-18(2,3)4)15(21)13-8-6-7-9-14(13)16(19)22/h5-9H,1,10-12H2,2-4H3,(H,20,23). The van der Waals surface area contributed by atoms with Gasteiger partial charge in [0.05, 0.1) is 0 Å². The predicted octanol–water partition coefficient (Wildman–Crippen LogP) is 3.54. The number of carbonyl (C=O) groups is 3. The molecule has 128 valence electrons. The molecule has 24 heavy (non-hydrogen) atoms. The van der Waals surface area contributed by atoms with Crippen LogP contribution in [0.15, 0.2) is 36.9 Å². The van der Waals surface area contributed by atoms with Crippen LogP contribution in [-0.4, -0.2) is 29.8 Å². The maximum atomic E-state index is 12.8. The highest BCUT2D eigenvalue weighted by Gasteiger charge is 2.51. The first-order chi connectivity index (χ1) is 11.2. The summed E-state index contributed by atoms with van der Waals surface area (Å²) >= 11 is 0. The molecule has 2 rings (SSSR count). The van der Waals surface area contributed by atoms with Crippen LogP contribution >= 0.6 is 0 Å². The zero-order valence-electron chi connectivity index (χ0n) is 14.3. The summed E-state index contributed by atoms with van der Waals surface area (Å²) in [5.41, 5.74) is -0.887. The lowest BCUT2D eigenvalue weighted by atomic mass is 9.76. The van der Waals surface area contributed by atoms with Crippen LogP contribution in [0, 0.1) is 5.41 Å². The van der Waals surface area contributed by atoms with Gasteiger partial charge in [-0.3, -0.25) is 9.59 Å². The van der Waals surface area contributed by atoms with Crippen LogP contribution in [0.2, 0.25) is 0 Å². The first kappa shape index (κ1) is 17.9. The van der Waals surface area contributed by atoms with E-state index >= 15 is 0 Å². The lowest BCUT2D eigenvalue weighted by Gasteiger charge is -2.25. The molecule has 1 aromatic carbocycles. The molecule has 1 aliphatic rings. The van der Waals surface area contributed by atoms with Gasteiger partial charge < -0.3 is 10.1 Å². The lowest BCUT2D eigenvalue weighted by Crippen LogP contribution is -2.39. The zero-order chi connectivity index (χ0) is 18.0. The van der Waals surface area contributed by atoms with Crippen molar-refractivity contribution >= 4 is 17.7 Å². The Morgan fingerprint density at radius 2 is 1.75 bits per heavy atom. The van der Waals surface area contributed by atoms with Gasteiger partial charge in [0.15, 0.2) is 11.6 Å². The fraction of sp³-hybridized carbons (Fsp3) is 0.421. The number of hydrogen-bond acceptors (Lipinski definition) is 4. The summed E-state index contributed by atoms with van der Waals surface area (Å²) in [5, 5.41) is 2.62. The highest BCUT2D eigenvalue weighted by molar-refractivity contribution is 6.29. The number of Topliss-reactive ketones (excluding diaryl/α,β-unsaturated/α-hetero) is 2. The van der Waals surface area contributed by atoms with Gasteiger partial charge in [0, 0.05) is 17.7 Å². The maximum absolute atomic E-state index is 12.8. The molecule has 0 unspecified atom stereocenters. The van der Waals surface area contributed by atoms with E-state index in [1.165, 1.54) is 0 Å². The van der Waals surface area contributed by atoms with Crippen molar-refractivity contribution in [1.29, 1.82) is 0 Å². The van der Waals surface area contributed by atoms with Gasteiger partial charge in [-0.15, -0.1) is 6.58 Å². The van der Waals surface area contributed by atoms with E-state index < -0.39 is 17.1 Å². The second kappa shape index (κ2) is 6.59. The minimum atomic E-state index is -1.18. The van der Waals surface area contributed by atoms with Gasteiger partial charge in [-0.1, -0.05) is 30.3 Å². The number of carbonyl (C=O) groups excluding carboxylic acids is 3. The van der Waals surface area contributed by atoms with Gasteiger partial charge in [0.1, 0.15) is 11.0 Å². The van der Waals surface area contributed by atoms with E-state index in [4.69, 9.17) is 4.74 Å². The Morgan fingerprint density at radius 1 is 1.21 bits per heavy atom. The van der Waals surface area contributed by atoms with Crippen molar-refractivity contribution in [3.8, 4) is 0 Å². The number of ketones is 2. The number of allylic oxidation sites excluding steroid dienone is 1. The van der Waals surface area contributed by atoms with E-state index in [0.29, 0.717) is 11.1 Å². The van der Waals surface area contributed by atoms with Crippen LogP contribution in [0.4, 0.5) is 4.79 Å². The van der Waals surface area contributed by atoms with Crippen molar-refractivity contribution in [3.63, 3.8) is 0 Å². The molecule has 0 radical (unpaired) electrons. The van der Waals surface area contributed by atoms with Crippen LogP contribution in [0.3, 0.4) is 0 Å². The van der Waals surface area contributed by atoms with E-state index in [1.54, 1.807) is 51.1 Å². The average molecular weight is 329 g/mol. The van der Waals surface area contributed by atoms with Crippen LogP contribution in [0.1, 0.15) is 54.3 Å². The van der Waals surface area contributed by atoms with Crippen molar-refractivity contribution in [3.05, 3.63) is 48.0 Å². The molecule has 0 fully saturated rings. The summed E-state index contributed by atoms with van der Waals surface area (Å²) in [6, 6.07) is 6.82. The molecule has 0 heterocycles. The molecular weight excluding hydrogens is 306 g/mol. The van der Waals surface area contributed by atoms with Crippen molar-refractivity contribution in [2.24, 2.45) is 5.41 Å². The van der Waals surface area contributed by atoms with Crippen LogP contribution in [-0.2, 0) is 4.74 Å². The number of amides is 1. The molecule has 0 atom stereocenters. The second-order valence-corrected chi connectivity index (χ2v) is 6.96. The van der Waals surface area contributed by atoms with Crippen molar-refractivity contribution in [1.82, 2.24) is 5.32 Å². The normalized spacial score (nSPS) is 15.8. The summed E-state index contributed by atoms with van der Waals surface area (Å²) in [5.74, 6) is -0.400. The van der Waals surface area contributed by atoms with Crippen molar-refractivity contribution < 1.29 is 19.1 Å². The van der Waals surface area contributed by atoms with E-state index in [0.717, 1.165) is 0 Å². The van der Waals surface area contributed by atoms with Gasteiger partial charge in [0.2, 0.25) is 0 Å². The number of rotatable bonds is 5. The number of fused-ring (bicyclic) bond motifs is 1. The molecule has 0 aliphatic heterocycles. The first-order valence-electron chi connectivity index (χ1n) is 7.98. The Morgan fingerprint density at radius 3 is 2.21 bits per heavy atom. The largest absolute Gasteiger partial charge is 0.444 e. The van der Waals surface area contributed by atoms with E-state index in [9.17, 15) is 14.4 Å². The Kier molecular flexibility index (Phi) is 4.92. The monoisotopic (exact) mass is 329 g/mol. The molecule has 0 saturated carbocycles. The third kappa shape index (κ3) is 3.40. The summed E-state index contributed by atoms with van der Waals surface area (Å²) < 4.78 is 5.17. The molecule has 1 aromatic rings. The number of benzene rings is 1. The van der Waals surface area contributed by atoms with Crippen molar-refractivity contribution in [2.45, 2.75) is 39.2 Å². The third-order valence-corrected chi connectivity index (χ3v) is 4.00. The summed E-state index contributed by atoms with van der Waals surface area (Å²) in [7, 11) is 0. The third-order valence-electron chi connectivity index (χ3n) is 4.00. The summed E-state index contributed by atoms with van der Waals surface area (Å²) in [4.78, 5) is 37.4. The predicted molar refractivity (Wildman–Crippen MR) is 91.2 cm³/mol. The minimum Gasteiger partial charge on any atom is -0.444 e. The molecule has 5 nitrogen and oxygen atoms in total. The number of ether oxygens (including phenoxy) is 1. The van der Waals surface area contributed by atoms with E-state index in [-0.39, 0.29) is 31.0 Å². The molecule has 0 saturated heterocycles. The first-order valence-corrected chi connectivity index (χ1v) is 7.98. The minimum absolute atomic E-state index is 0.175. The smallest absolute Gasteiger partial charge is 0.407 e. The van der Waals surface area contributed by atoms with Gasteiger partial charge >= 0.3 is 6.09 Å². The summed E-state index contributed by atoms with van der Waals surface area (Å²) in [6.07, 6.45) is 1.47. The van der Waals surface area contributed by atoms with Gasteiger partial charge in [0.25, 0.3) is 0 Å². The van der Waals surface area contributed by atoms with Crippen LogP contribution in [0.25, 0.3) is 0 Å². The Labute approximate surface area is 142 Å². The molecule has 0 spiro atoms. The number of alkyl carbamates (subject to hydrolysis) is 1. The highest BCUT2D eigenvalue weighted by atomic mass is 16.6. The highest BCUT2D eigenvalue weighted by Crippen LogP contribution is 2.42. The Balaban J connectivity index is 2.13. The quantitative estimate of drug-likeness (QED) is 0.662. The molecule has 0 bridgehead atoms. The topological polar surface area (TPSA) is 72.5 Å². The average Bonchev–Trinajstić information content (AvgIpc) is 2.69. The number of hydrogen-bond donors (Lipinski definition) is 1. The molecule has 0 aromatic heterocycles. The molecule has 1 aliphatic carbocycles. The fourth-order valence-corrected chi connectivity index (χ4v) is 2.95. The fourth-order valence-electron chi connectivity index (χ4n) is 2.95. The van der Waals surface area contributed by atoms with Crippen molar-refractivity contribution in [2.75, 3.05) is 6.54 Å². The maximum Gasteiger partial charge on any atom is 0.407 e.